The van der Waals surface area contributed by atoms with Crippen LogP contribution in [0.3, 0.4) is 0 Å². The van der Waals surface area contributed by atoms with Crippen molar-refractivity contribution in [2.75, 3.05) is 5.32 Å². The third-order valence-electron chi connectivity index (χ3n) is 3.66. The predicted octanol–water partition coefficient (Wildman–Crippen LogP) is 4.12. The molecule has 0 aliphatic rings. The number of aryl methyl sites for hydroxylation is 1. The highest BCUT2D eigenvalue weighted by atomic mass is 16.1. The Labute approximate surface area is 129 Å². The fourth-order valence-electron chi connectivity index (χ4n) is 2.62. The predicted molar refractivity (Wildman–Crippen MR) is 91.0 cm³/mol. The van der Waals surface area contributed by atoms with E-state index in [1.54, 1.807) is 0 Å². The number of fused-ring (bicyclic) bond motifs is 1. The highest BCUT2D eigenvalue weighted by Gasteiger charge is 2.04. The summed E-state index contributed by atoms with van der Waals surface area (Å²) in [5, 5.41) is 3.89. The molecule has 110 valence electrons. The van der Waals surface area contributed by atoms with Gasteiger partial charge in [-0.3, -0.25) is 4.79 Å². The standard InChI is InChI=1S/C19H18N2O/c1-3-19(22)20-17-7-8-18-16(12-17)9-10-21(18)13-15-6-4-5-14(2)11-15/h3-12H,1,13H2,2H3,(H,20,22). The lowest BCUT2D eigenvalue weighted by atomic mass is 10.1. The van der Waals surface area contributed by atoms with Crippen molar-refractivity contribution in [3.8, 4) is 0 Å². The molecule has 3 heteroatoms. The van der Waals surface area contributed by atoms with E-state index in [0.29, 0.717) is 0 Å². The first-order valence-electron chi connectivity index (χ1n) is 7.23. The van der Waals surface area contributed by atoms with Crippen molar-refractivity contribution in [3.63, 3.8) is 0 Å². The lowest BCUT2D eigenvalue weighted by molar-refractivity contribution is -0.111. The van der Waals surface area contributed by atoms with Gasteiger partial charge in [-0.05, 0) is 42.8 Å². The number of nitrogens with one attached hydrogen (secondary N) is 1. The van der Waals surface area contributed by atoms with Crippen molar-refractivity contribution in [1.29, 1.82) is 0 Å². The van der Waals surface area contributed by atoms with E-state index in [2.05, 4.69) is 59.9 Å². The number of hydrogen-bond acceptors (Lipinski definition) is 1. The number of hydrogen-bond donors (Lipinski definition) is 1. The number of aromatic nitrogens is 1. The van der Waals surface area contributed by atoms with E-state index >= 15 is 0 Å². The van der Waals surface area contributed by atoms with E-state index in [-0.39, 0.29) is 5.91 Å². The molecule has 2 aromatic carbocycles. The molecule has 3 nitrogen and oxygen atoms in total. The number of rotatable bonds is 4. The summed E-state index contributed by atoms with van der Waals surface area (Å²) in [6, 6.07) is 16.5. The van der Waals surface area contributed by atoms with Gasteiger partial charge in [0.2, 0.25) is 5.91 Å². The van der Waals surface area contributed by atoms with Gasteiger partial charge in [0.15, 0.2) is 0 Å². The minimum atomic E-state index is -0.196. The van der Waals surface area contributed by atoms with Crippen LogP contribution in [0.15, 0.2) is 67.4 Å². The van der Waals surface area contributed by atoms with E-state index in [4.69, 9.17) is 0 Å². The maximum absolute atomic E-state index is 11.4. The molecule has 3 rings (SSSR count). The molecule has 1 heterocycles. The molecule has 0 bridgehead atoms. The van der Waals surface area contributed by atoms with E-state index < -0.39 is 0 Å². The fourth-order valence-corrected chi connectivity index (χ4v) is 2.62. The van der Waals surface area contributed by atoms with Crippen molar-refractivity contribution in [1.82, 2.24) is 4.57 Å². The molecule has 0 radical (unpaired) electrons. The molecule has 1 amide bonds. The Morgan fingerprint density at radius 1 is 1.23 bits per heavy atom. The Balaban J connectivity index is 1.89. The SMILES string of the molecule is C=CC(=O)Nc1ccc2c(ccn2Cc2cccc(C)c2)c1. The summed E-state index contributed by atoms with van der Waals surface area (Å²) in [5.74, 6) is -0.196. The lowest BCUT2D eigenvalue weighted by Gasteiger charge is -2.08. The number of amides is 1. The van der Waals surface area contributed by atoms with Gasteiger partial charge in [0.25, 0.3) is 0 Å². The second-order valence-corrected chi connectivity index (χ2v) is 5.40. The summed E-state index contributed by atoms with van der Waals surface area (Å²) >= 11 is 0. The Kier molecular flexibility index (Phi) is 3.79. The Morgan fingerprint density at radius 3 is 2.86 bits per heavy atom. The maximum atomic E-state index is 11.4. The van der Waals surface area contributed by atoms with E-state index in [0.717, 1.165) is 23.1 Å². The molecule has 22 heavy (non-hydrogen) atoms. The molecular weight excluding hydrogens is 272 g/mol. The number of nitrogens with zero attached hydrogens (tertiary/aromatic N) is 1. The molecule has 0 atom stereocenters. The third kappa shape index (κ3) is 2.93. The normalized spacial score (nSPS) is 10.6. The van der Waals surface area contributed by atoms with Crippen molar-refractivity contribution in [2.45, 2.75) is 13.5 Å². The van der Waals surface area contributed by atoms with Gasteiger partial charge < -0.3 is 9.88 Å². The quantitative estimate of drug-likeness (QED) is 0.720. The molecule has 0 aliphatic heterocycles. The second-order valence-electron chi connectivity index (χ2n) is 5.40. The monoisotopic (exact) mass is 290 g/mol. The first-order chi connectivity index (χ1) is 10.7. The van der Waals surface area contributed by atoms with Gasteiger partial charge in [-0.25, -0.2) is 0 Å². The highest BCUT2D eigenvalue weighted by molar-refractivity contribution is 6.00. The van der Waals surface area contributed by atoms with Crippen molar-refractivity contribution < 1.29 is 4.79 Å². The van der Waals surface area contributed by atoms with Crippen LogP contribution in [0, 0.1) is 6.92 Å². The second kappa shape index (κ2) is 5.90. The zero-order valence-corrected chi connectivity index (χ0v) is 12.5. The molecular formula is C19H18N2O. The van der Waals surface area contributed by atoms with Crippen molar-refractivity contribution >= 4 is 22.5 Å². The molecule has 0 fully saturated rings. The Bertz CT molecular complexity index is 846. The minimum Gasteiger partial charge on any atom is -0.343 e. The zero-order chi connectivity index (χ0) is 15.5. The molecule has 0 spiro atoms. The summed E-state index contributed by atoms with van der Waals surface area (Å²) in [4.78, 5) is 11.4. The summed E-state index contributed by atoms with van der Waals surface area (Å²) < 4.78 is 2.21. The number of carbonyl (C=O) groups excluding carboxylic acids is 1. The summed E-state index contributed by atoms with van der Waals surface area (Å²) in [5.41, 5.74) is 4.48. The fraction of sp³-hybridized carbons (Fsp3) is 0.105. The molecule has 0 unspecified atom stereocenters. The van der Waals surface area contributed by atoms with Crippen LogP contribution in [0.5, 0.6) is 0 Å². The Morgan fingerprint density at radius 2 is 2.09 bits per heavy atom. The van der Waals surface area contributed by atoms with E-state index in [1.165, 1.54) is 17.2 Å². The number of carbonyl (C=O) groups is 1. The highest BCUT2D eigenvalue weighted by Crippen LogP contribution is 2.21. The number of anilines is 1. The Hall–Kier alpha value is -2.81. The van der Waals surface area contributed by atoms with Crippen LogP contribution in [-0.2, 0) is 11.3 Å². The largest absolute Gasteiger partial charge is 0.343 e. The maximum Gasteiger partial charge on any atom is 0.247 e. The topological polar surface area (TPSA) is 34.0 Å². The van der Waals surface area contributed by atoms with Gasteiger partial charge in [0, 0.05) is 29.3 Å². The first kappa shape index (κ1) is 14.1. The molecule has 0 saturated carbocycles. The van der Waals surface area contributed by atoms with Gasteiger partial charge >= 0.3 is 0 Å². The minimum absolute atomic E-state index is 0.196. The van der Waals surface area contributed by atoms with E-state index in [9.17, 15) is 4.79 Å². The average molecular weight is 290 g/mol. The van der Waals surface area contributed by atoms with Crippen molar-refractivity contribution in [2.24, 2.45) is 0 Å². The molecule has 0 saturated heterocycles. The van der Waals surface area contributed by atoms with Gasteiger partial charge in [-0.2, -0.15) is 0 Å². The first-order valence-corrected chi connectivity index (χ1v) is 7.23. The summed E-state index contributed by atoms with van der Waals surface area (Å²) in [6.07, 6.45) is 3.35. The van der Waals surface area contributed by atoms with Crippen LogP contribution in [0.25, 0.3) is 10.9 Å². The van der Waals surface area contributed by atoms with Gasteiger partial charge in [-0.15, -0.1) is 0 Å². The van der Waals surface area contributed by atoms with Gasteiger partial charge in [0.1, 0.15) is 0 Å². The van der Waals surface area contributed by atoms with Crippen LogP contribution in [0.1, 0.15) is 11.1 Å². The van der Waals surface area contributed by atoms with Crippen molar-refractivity contribution in [3.05, 3.63) is 78.5 Å². The molecule has 3 aromatic rings. The average Bonchev–Trinajstić information content (AvgIpc) is 2.89. The lowest BCUT2D eigenvalue weighted by Crippen LogP contribution is -2.07. The van der Waals surface area contributed by atoms with Gasteiger partial charge in [-0.1, -0.05) is 36.4 Å². The summed E-state index contributed by atoms with van der Waals surface area (Å²) in [6.45, 7) is 6.40. The van der Waals surface area contributed by atoms with E-state index in [1.807, 2.05) is 18.2 Å². The molecule has 0 aliphatic carbocycles. The van der Waals surface area contributed by atoms with Crippen LogP contribution < -0.4 is 5.32 Å². The van der Waals surface area contributed by atoms with Crippen LogP contribution >= 0.6 is 0 Å². The van der Waals surface area contributed by atoms with Crippen LogP contribution in [-0.4, -0.2) is 10.5 Å². The van der Waals surface area contributed by atoms with Gasteiger partial charge in [0.05, 0.1) is 0 Å². The summed E-state index contributed by atoms with van der Waals surface area (Å²) in [7, 11) is 0. The molecule has 1 N–H and O–H groups in total. The number of benzene rings is 2. The van der Waals surface area contributed by atoms with Crippen LogP contribution in [0.2, 0.25) is 0 Å². The van der Waals surface area contributed by atoms with Crippen LogP contribution in [0.4, 0.5) is 5.69 Å². The smallest absolute Gasteiger partial charge is 0.247 e. The zero-order valence-electron chi connectivity index (χ0n) is 12.5. The molecule has 1 aromatic heterocycles. The third-order valence-corrected chi connectivity index (χ3v) is 3.66.